The Kier molecular flexibility index (Phi) is 12.3. The van der Waals surface area contributed by atoms with E-state index in [2.05, 4.69) is 5.32 Å². The molecule has 0 aromatic heterocycles. The number of rotatable bonds is 12. The molecule has 6 unspecified atom stereocenters. The first-order valence-electron chi connectivity index (χ1n) is 8.59. The van der Waals surface area contributed by atoms with Crippen LogP contribution in [0.1, 0.15) is 13.3 Å². The Labute approximate surface area is 158 Å². The van der Waals surface area contributed by atoms with E-state index in [0.29, 0.717) is 13.2 Å². The van der Waals surface area contributed by atoms with Crippen molar-refractivity contribution in [1.29, 1.82) is 0 Å². The van der Waals surface area contributed by atoms with Gasteiger partial charge < -0.3 is 19.7 Å². The molecular weight excluding hydrogens is 392 g/mol. The summed E-state index contributed by atoms with van der Waals surface area (Å²) in [6.45, 7) is 2.85. The van der Waals surface area contributed by atoms with Crippen LogP contribution in [0.5, 0.6) is 0 Å². The molecule has 0 aromatic carbocycles. The van der Waals surface area contributed by atoms with Crippen LogP contribution in [0.4, 0.5) is 0 Å². The van der Waals surface area contributed by atoms with Crippen LogP contribution >= 0.6 is 11.8 Å². The van der Waals surface area contributed by atoms with Gasteiger partial charge in [0, 0.05) is 7.11 Å². The van der Waals surface area contributed by atoms with Crippen LogP contribution in [0.25, 0.3) is 0 Å². The average Bonchev–Trinajstić information content (AvgIpc) is 2.57. The molecule has 1 aliphatic rings. The molecule has 0 bridgehead atoms. The second kappa shape index (κ2) is 13.0. The summed E-state index contributed by atoms with van der Waals surface area (Å²) in [5.74, 6) is 1.11. The molecule has 7 nitrogen and oxygen atoms in total. The van der Waals surface area contributed by atoms with Crippen molar-refractivity contribution in [2.24, 2.45) is 0 Å². The van der Waals surface area contributed by atoms with E-state index in [9.17, 15) is 15.3 Å². The molecule has 0 amide bonds. The molecule has 0 aromatic rings. The van der Waals surface area contributed by atoms with Gasteiger partial charge in [-0.15, -0.1) is 0 Å². The molecular formula is C15H32GaNO6S. The zero-order chi connectivity index (χ0) is 17.9. The van der Waals surface area contributed by atoms with Crippen LogP contribution < -0.4 is 5.32 Å². The molecule has 1 fully saturated rings. The van der Waals surface area contributed by atoms with Crippen LogP contribution in [0.3, 0.4) is 0 Å². The van der Waals surface area contributed by atoms with E-state index in [1.165, 1.54) is 11.4 Å². The minimum Gasteiger partial charge on any atom is -0.389 e. The summed E-state index contributed by atoms with van der Waals surface area (Å²) in [5.41, 5.74) is 0. The summed E-state index contributed by atoms with van der Waals surface area (Å²) in [7, 11) is 1.48. The van der Waals surface area contributed by atoms with Crippen LogP contribution in [-0.2, 0) is 14.2 Å². The number of methoxy groups -OCH3 is 1. The fraction of sp³-hybridized carbons (Fsp3) is 1.00. The predicted molar refractivity (Wildman–Crippen MR) is 97.3 cm³/mol. The summed E-state index contributed by atoms with van der Waals surface area (Å²) < 4.78 is 17.7. The number of aliphatic hydroxyl groups excluding tert-OH is 3. The van der Waals surface area contributed by atoms with E-state index >= 15 is 0 Å². The second-order valence-corrected chi connectivity index (χ2v) is 11.0. The zero-order valence-corrected chi connectivity index (χ0v) is 19.9. The summed E-state index contributed by atoms with van der Waals surface area (Å²) in [4.78, 5) is 0. The minimum absolute atomic E-state index is 0.206. The van der Waals surface area contributed by atoms with Gasteiger partial charge in [-0.1, -0.05) is 0 Å². The first-order valence-corrected chi connectivity index (χ1v) is 12.7. The fourth-order valence-corrected chi connectivity index (χ4v) is 5.25. The predicted octanol–water partition coefficient (Wildman–Crippen LogP) is -1.81. The van der Waals surface area contributed by atoms with Gasteiger partial charge in [0.15, 0.2) is 0 Å². The normalized spacial score (nSPS) is 32.0. The number of thioether (sulfide) groups is 1. The third kappa shape index (κ3) is 7.52. The molecule has 1 heterocycles. The Balaban J connectivity index is 2.29. The quantitative estimate of drug-likeness (QED) is 0.215. The Morgan fingerprint density at radius 2 is 2.17 bits per heavy atom. The van der Waals surface area contributed by atoms with Crippen LogP contribution in [0, 0.1) is 0 Å². The zero-order valence-electron chi connectivity index (χ0n) is 14.9. The smallest absolute Gasteiger partial charge is 0.389 e. The monoisotopic (exact) mass is 423 g/mol. The Morgan fingerprint density at radius 1 is 1.42 bits per heavy atom. The molecule has 1 aliphatic heterocycles. The molecule has 0 spiro atoms. The standard InChI is InChI=1S/C15H30NO6S.Ga.2H/c1-10-13(14(19)15(20-2)12(8-17)22-10)16-7-11(18)9-21-5-4-6-23-3;;;/h10-19H,3-9H2,1-2H3;;;. The second-order valence-electron chi connectivity index (χ2n) is 5.97. The van der Waals surface area contributed by atoms with Crippen molar-refractivity contribution in [2.45, 2.75) is 49.9 Å². The van der Waals surface area contributed by atoms with E-state index in [4.69, 9.17) is 14.2 Å². The van der Waals surface area contributed by atoms with Gasteiger partial charge in [-0.3, -0.25) is 0 Å². The molecule has 6 atom stereocenters. The molecule has 4 N–H and O–H groups in total. The van der Waals surface area contributed by atoms with Gasteiger partial charge in [-0.25, -0.2) is 0 Å². The number of ether oxygens (including phenoxy) is 3. The molecule has 1 rings (SSSR count). The van der Waals surface area contributed by atoms with E-state index < -0.39 is 24.4 Å². The first kappa shape index (κ1) is 22.7. The summed E-state index contributed by atoms with van der Waals surface area (Å²) in [6.07, 6.45) is -1.90. The van der Waals surface area contributed by atoms with Crippen molar-refractivity contribution in [2.75, 3.05) is 43.5 Å². The van der Waals surface area contributed by atoms with E-state index in [1.807, 2.05) is 18.7 Å². The molecule has 142 valence electrons. The van der Waals surface area contributed by atoms with Crippen molar-refractivity contribution in [1.82, 2.24) is 5.32 Å². The summed E-state index contributed by atoms with van der Waals surface area (Å²) in [5, 5.41) is 32.9. The Bertz CT molecular complexity index is 330. The number of hydrogen-bond donors (Lipinski definition) is 4. The van der Waals surface area contributed by atoms with E-state index in [-0.39, 0.29) is 25.4 Å². The maximum absolute atomic E-state index is 10.4. The molecule has 1 saturated heterocycles. The van der Waals surface area contributed by atoms with Gasteiger partial charge in [-0.2, -0.15) is 0 Å². The fourth-order valence-electron chi connectivity index (χ4n) is 2.82. The van der Waals surface area contributed by atoms with Crippen LogP contribution in [-0.4, -0.2) is 114 Å². The number of aliphatic hydroxyl groups is 3. The van der Waals surface area contributed by atoms with Crippen molar-refractivity contribution in [3.8, 4) is 0 Å². The third-order valence-corrected chi connectivity index (χ3v) is 7.65. The van der Waals surface area contributed by atoms with Gasteiger partial charge in [-0.05, 0) is 6.92 Å². The SMILES string of the molecule is COC1C(CO)OC(C)C(NCC(O)COCCCS[CH2][GaH2])C1O. The molecule has 0 saturated carbocycles. The van der Waals surface area contributed by atoms with Gasteiger partial charge in [0.05, 0.1) is 6.61 Å². The number of hydrogen-bond acceptors (Lipinski definition) is 8. The Morgan fingerprint density at radius 3 is 2.79 bits per heavy atom. The third-order valence-electron chi connectivity index (χ3n) is 4.10. The molecule has 24 heavy (non-hydrogen) atoms. The molecule has 9 heteroatoms. The molecule has 0 aliphatic carbocycles. The summed E-state index contributed by atoms with van der Waals surface area (Å²) in [6, 6.07) is -0.376. The van der Waals surface area contributed by atoms with Crippen molar-refractivity contribution >= 4 is 30.4 Å². The first-order chi connectivity index (χ1) is 11.5. The van der Waals surface area contributed by atoms with Crippen LogP contribution in [0.15, 0.2) is 0 Å². The maximum atomic E-state index is 10.4. The van der Waals surface area contributed by atoms with E-state index in [1.54, 1.807) is 0 Å². The van der Waals surface area contributed by atoms with Crippen molar-refractivity contribution in [3.05, 3.63) is 0 Å². The van der Waals surface area contributed by atoms with Crippen molar-refractivity contribution < 1.29 is 29.5 Å². The van der Waals surface area contributed by atoms with Gasteiger partial charge >= 0.3 is 106 Å². The van der Waals surface area contributed by atoms with Crippen LogP contribution in [0.2, 0.25) is 0 Å². The van der Waals surface area contributed by atoms with Crippen molar-refractivity contribution in [3.63, 3.8) is 0 Å². The van der Waals surface area contributed by atoms with Gasteiger partial charge in [0.2, 0.25) is 0 Å². The average molecular weight is 424 g/mol. The van der Waals surface area contributed by atoms with E-state index in [0.717, 1.165) is 30.8 Å². The minimum atomic E-state index is -0.820. The van der Waals surface area contributed by atoms with Gasteiger partial charge in [0.1, 0.15) is 12.2 Å². The van der Waals surface area contributed by atoms with Gasteiger partial charge in [0.25, 0.3) is 0 Å². The topological polar surface area (TPSA) is 100 Å². The number of nitrogens with one attached hydrogen (secondary N) is 1. The Hall–Kier alpha value is 0.706. The summed E-state index contributed by atoms with van der Waals surface area (Å²) >= 11 is 2.86. The molecule has 0 radical (unpaired) electrons.